The fourth-order valence-electron chi connectivity index (χ4n) is 5.99. The summed E-state index contributed by atoms with van der Waals surface area (Å²) in [5.41, 5.74) is 2.92. The molecule has 30 heavy (non-hydrogen) atoms. The molecule has 1 saturated carbocycles. The Labute approximate surface area is 184 Å². The zero-order chi connectivity index (χ0) is 20.4. The Morgan fingerprint density at radius 3 is 2.93 bits per heavy atom. The van der Waals surface area contributed by atoms with Crippen molar-refractivity contribution in [2.75, 3.05) is 19.8 Å². The van der Waals surface area contributed by atoms with Crippen LogP contribution in [0.1, 0.15) is 74.1 Å². The Kier molecular flexibility index (Phi) is 5.98. The molecule has 4 nitrogen and oxygen atoms in total. The minimum Gasteiger partial charge on any atom is -0.375 e. The molecule has 3 aliphatic rings. The Hall–Kier alpha value is -1.27. The van der Waals surface area contributed by atoms with E-state index in [9.17, 15) is 0 Å². The molecule has 0 amide bonds. The molecule has 162 valence electrons. The molecule has 2 fully saturated rings. The summed E-state index contributed by atoms with van der Waals surface area (Å²) in [5, 5.41) is 6.02. The summed E-state index contributed by atoms with van der Waals surface area (Å²) in [5.74, 6) is 0. The Bertz CT molecular complexity index is 833. The molecule has 1 aliphatic carbocycles. The topological polar surface area (TPSA) is 43.4 Å². The van der Waals surface area contributed by atoms with E-state index in [4.69, 9.17) is 14.5 Å². The lowest BCUT2D eigenvalue weighted by atomic mass is 9.68. The molecule has 4 heterocycles. The summed E-state index contributed by atoms with van der Waals surface area (Å²) in [4.78, 5) is 6.25. The number of rotatable bonds is 6. The Balaban J connectivity index is 1.29. The van der Waals surface area contributed by atoms with Crippen LogP contribution in [0.5, 0.6) is 0 Å². The molecule has 5 rings (SSSR count). The van der Waals surface area contributed by atoms with E-state index in [1.807, 2.05) is 23.6 Å². The van der Waals surface area contributed by atoms with E-state index in [-0.39, 0.29) is 17.1 Å². The van der Waals surface area contributed by atoms with Gasteiger partial charge in [-0.1, -0.05) is 18.9 Å². The summed E-state index contributed by atoms with van der Waals surface area (Å²) < 4.78 is 12.6. The first kappa shape index (κ1) is 20.6. The summed E-state index contributed by atoms with van der Waals surface area (Å²) in [7, 11) is 0. The van der Waals surface area contributed by atoms with Gasteiger partial charge in [0, 0.05) is 34.8 Å². The highest BCUT2D eigenvalue weighted by molar-refractivity contribution is 7.10. The largest absolute Gasteiger partial charge is 0.375 e. The standard InChI is InChI=1S/C25H34N2O2S/c1-19(22-23-20(7-15-28-22)8-17-30-23)26-14-11-24(21-6-2-5-13-27-21)12-16-29-25(18-24)9-3-4-10-25/h2,5-6,8,13,17,19,22,26H,3-4,7,9-12,14-16,18H2,1H3/t19?,22?,24-/m1/s1. The number of thiophene rings is 1. The number of ether oxygens (including phenoxy) is 2. The maximum absolute atomic E-state index is 6.39. The number of fused-ring (bicyclic) bond motifs is 1. The van der Waals surface area contributed by atoms with E-state index in [1.54, 1.807) is 0 Å². The van der Waals surface area contributed by atoms with Gasteiger partial charge in [-0.05, 0) is 81.1 Å². The van der Waals surface area contributed by atoms with Crippen LogP contribution in [0.15, 0.2) is 35.8 Å². The number of nitrogens with zero attached hydrogens (tertiary/aromatic N) is 1. The monoisotopic (exact) mass is 426 g/mol. The maximum Gasteiger partial charge on any atom is 0.107 e. The first-order chi connectivity index (χ1) is 14.7. The molecule has 5 heteroatoms. The highest BCUT2D eigenvalue weighted by atomic mass is 32.1. The lowest BCUT2D eigenvalue weighted by Gasteiger charge is -2.46. The zero-order valence-corrected chi connectivity index (χ0v) is 18.9. The average molecular weight is 427 g/mol. The average Bonchev–Trinajstić information content (AvgIpc) is 3.44. The quantitative estimate of drug-likeness (QED) is 0.691. The summed E-state index contributed by atoms with van der Waals surface area (Å²) >= 11 is 1.84. The molecular weight excluding hydrogens is 392 g/mol. The van der Waals surface area contributed by atoms with Crippen LogP contribution in [0.25, 0.3) is 0 Å². The van der Waals surface area contributed by atoms with Gasteiger partial charge < -0.3 is 14.8 Å². The number of hydrogen-bond donors (Lipinski definition) is 1. The normalized spacial score (nSPS) is 29.0. The lowest BCUT2D eigenvalue weighted by molar-refractivity contribution is -0.104. The third kappa shape index (κ3) is 3.97. The molecular formula is C25H34N2O2S. The van der Waals surface area contributed by atoms with Gasteiger partial charge in [-0.3, -0.25) is 4.98 Å². The smallest absolute Gasteiger partial charge is 0.107 e. The van der Waals surface area contributed by atoms with Gasteiger partial charge >= 0.3 is 0 Å². The van der Waals surface area contributed by atoms with Crippen molar-refractivity contribution >= 4 is 11.3 Å². The van der Waals surface area contributed by atoms with Crippen molar-refractivity contribution in [3.8, 4) is 0 Å². The second-order valence-corrected chi connectivity index (χ2v) is 10.5. The molecule has 0 aromatic carbocycles. The van der Waals surface area contributed by atoms with Crippen LogP contribution in [-0.2, 0) is 21.3 Å². The van der Waals surface area contributed by atoms with Crippen LogP contribution in [0, 0.1) is 0 Å². The highest BCUT2D eigenvalue weighted by Crippen LogP contribution is 2.49. The van der Waals surface area contributed by atoms with Crippen molar-refractivity contribution < 1.29 is 9.47 Å². The highest BCUT2D eigenvalue weighted by Gasteiger charge is 2.48. The van der Waals surface area contributed by atoms with Gasteiger partial charge in [0.05, 0.1) is 12.2 Å². The van der Waals surface area contributed by atoms with Crippen LogP contribution in [0.2, 0.25) is 0 Å². The van der Waals surface area contributed by atoms with E-state index >= 15 is 0 Å². The summed E-state index contributed by atoms with van der Waals surface area (Å²) in [6.45, 7) is 4.94. The number of pyridine rings is 1. The van der Waals surface area contributed by atoms with Gasteiger partial charge in [0.15, 0.2) is 0 Å². The number of aromatic nitrogens is 1. The first-order valence-electron chi connectivity index (χ1n) is 11.7. The van der Waals surface area contributed by atoms with E-state index in [1.165, 1.54) is 41.8 Å². The van der Waals surface area contributed by atoms with Gasteiger partial charge in [0.2, 0.25) is 0 Å². The van der Waals surface area contributed by atoms with Gasteiger partial charge in [-0.25, -0.2) is 0 Å². The van der Waals surface area contributed by atoms with Gasteiger partial charge in [0.1, 0.15) is 6.10 Å². The molecule has 1 N–H and O–H groups in total. The molecule has 2 aromatic heterocycles. The Morgan fingerprint density at radius 1 is 1.20 bits per heavy atom. The summed E-state index contributed by atoms with van der Waals surface area (Å²) in [6.07, 6.45) is 11.5. The lowest BCUT2D eigenvalue weighted by Crippen LogP contribution is -2.48. The van der Waals surface area contributed by atoms with Crippen LogP contribution >= 0.6 is 11.3 Å². The fourth-order valence-corrected chi connectivity index (χ4v) is 7.10. The number of hydrogen-bond acceptors (Lipinski definition) is 5. The SMILES string of the molecule is CC(NCC[C@@]1(c2ccccn2)CCOC2(CCCC2)C1)C1OCCc2ccsc21. The molecule has 1 spiro atoms. The minimum absolute atomic E-state index is 0.0831. The van der Waals surface area contributed by atoms with E-state index in [0.717, 1.165) is 45.4 Å². The number of nitrogens with one attached hydrogen (secondary N) is 1. The molecule has 0 bridgehead atoms. The molecule has 2 aliphatic heterocycles. The van der Waals surface area contributed by atoms with Crippen molar-refractivity contribution in [3.05, 3.63) is 52.0 Å². The van der Waals surface area contributed by atoms with Crippen molar-refractivity contribution in [1.29, 1.82) is 0 Å². The molecule has 2 aromatic rings. The third-order valence-electron chi connectivity index (χ3n) is 7.60. The van der Waals surface area contributed by atoms with Gasteiger partial charge in [0.25, 0.3) is 0 Å². The van der Waals surface area contributed by atoms with E-state index in [2.05, 4.69) is 35.8 Å². The van der Waals surface area contributed by atoms with Crippen molar-refractivity contribution in [3.63, 3.8) is 0 Å². The van der Waals surface area contributed by atoms with Crippen molar-refractivity contribution in [1.82, 2.24) is 10.3 Å². The van der Waals surface area contributed by atoms with Crippen LogP contribution in [-0.4, -0.2) is 36.4 Å². The van der Waals surface area contributed by atoms with Crippen LogP contribution < -0.4 is 5.32 Å². The third-order valence-corrected chi connectivity index (χ3v) is 8.62. The van der Waals surface area contributed by atoms with Gasteiger partial charge in [-0.15, -0.1) is 11.3 Å². The van der Waals surface area contributed by atoms with E-state index < -0.39 is 0 Å². The minimum atomic E-state index is 0.0831. The summed E-state index contributed by atoms with van der Waals surface area (Å²) in [6, 6.07) is 8.98. The van der Waals surface area contributed by atoms with Crippen molar-refractivity contribution in [2.24, 2.45) is 0 Å². The second kappa shape index (κ2) is 8.70. The van der Waals surface area contributed by atoms with Crippen molar-refractivity contribution in [2.45, 2.75) is 81.5 Å². The molecule has 0 radical (unpaired) electrons. The predicted octanol–water partition coefficient (Wildman–Crippen LogP) is 5.19. The van der Waals surface area contributed by atoms with Gasteiger partial charge in [-0.2, -0.15) is 0 Å². The Morgan fingerprint density at radius 2 is 2.10 bits per heavy atom. The first-order valence-corrected chi connectivity index (χ1v) is 12.5. The predicted molar refractivity (Wildman–Crippen MR) is 121 cm³/mol. The van der Waals surface area contributed by atoms with Crippen LogP contribution in [0.3, 0.4) is 0 Å². The maximum atomic E-state index is 6.39. The molecule has 1 saturated heterocycles. The molecule has 3 atom stereocenters. The fraction of sp³-hybridized carbons (Fsp3) is 0.640. The second-order valence-electron chi connectivity index (χ2n) is 9.50. The zero-order valence-electron chi connectivity index (χ0n) is 18.1. The van der Waals surface area contributed by atoms with Crippen LogP contribution in [0.4, 0.5) is 0 Å². The molecule has 2 unspecified atom stereocenters. The van der Waals surface area contributed by atoms with E-state index in [0.29, 0.717) is 6.04 Å².